The summed E-state index contributed by atoms with van der Waals surface area (Å²) in [6.07, 6.45) is 3.13. The Kier molecular flexibility index (Phi) is 6.43. The molecule has 2 N–H and O–H groups in total. The van der Waals surface area contributed by atoms with E-state index in [0.29, 0.717) is 11.3 Å². The Labute approximate surface area is 180 Å². The van der Waals surface area contributed by atoms with Gasteiger partial charge in [0, 0.05) is 36.9 Å². The lowest BCUT2D eigenvalue weighted by atomic mass is 10.0. The van der Waals surface area contributed by atoms with E-state index in [9.17, 15) is 14.0 Å². The van der Waals surface area contributed by atoms with Crippen molar-refractivity contribution >= 4 is 17.5 Å². The summed E-state index contributed by atoms with van der Waals surface area (Å²) in [5, 5.41) is 5.82. The molecule has 3 aromatic rings. The Morgan fingerprint density at radius 2 is 1.77 bits per heavy atom. The molecule has 1 aliphatic rings. The van der Waals surface area contributed by atoms with Gasteiger partial charge in [-0.3, -0.25) is 14.5 Å². The number of benzene rings is 2. The Balaban J connectivity index is 1.28. The first kappa shape index (κ1) is 20.8. The van der Waals surface area contributed by atoms with Crippen LogP contribution in [0.5, 0.6) is 0 Å². The van der Waals surface area contributed by atoms with Gasteiger partial charge in [0.15, 0.2) is 5.76 Å². The summed E-state index contributed by atoms with van der Waals surface area (Å²) >= 11 is 0. The van der Waals surface area contributed by atoms with Crippen LogP contribution < -0.4 is 10.6 Å². The first-order valence-electron chi connectivity index (χ1n) is 10.3. The molecule has 2 aromatic carbocycles. The van der Waals surface area contributed by atoms with Gasteiger partial charge in [-0.25, -0.2) is 4.39 Å². The fourth-order valence-electron chi connectivity index (χ4n) is 3.69. The second kappa shape index (κ2) is 9.57. The molecular weight excluding hydrogens is 397 g/mol. The molecule has 7 heteroatoms. The van der Waals surface area contributed by atoms with Crippen LogP contribution in [-0.2, 0) is 6.54 Å². The van der Waals surface area contributed by atoms with Crippen LogP contribution in [0.15, 0.2) is 71.3 Å². The third kappa shape index (κ3) is 5.58. The maximum Gasteiger partial charge on any atom is 0.291 e. The average molecular weight is 421 g/mol. The van der Waals surface area contributed by atoms with Crippen LogP contribution in [0.3, 0.4) is 0 Å². The maximum absolute atomic E-state index is 13.1. The van der Waals surface area contributed by atoms with E-state index >= 15 is 0 Å². The lowest BCUT2D eigenvalue weighted by molar-refractivity contribution is 0.0908. The first-order valence-corrected chi connectivity index (χ1v) is 10.3. The second-order valence-corrected chi connectivity index (χ2v) is 7.66. The van der Waals surface area contributed by atoms with Gasteiger partial charge in [0.2, 0.25) is 0 Å². The number of carbonyl (C=O) groups excluding carboxylic acids is 2. The van der Waals surface area contributed by atoms with E-state index in [4.69, 9.17) is 4.42 Å². The van der Waals surface area contributed by atoms with Gasteiger partial charge in [-0.05, 0) is 60.9 Å². The summed E-state index contributed by atoms with van der Waals surface area (Å²) in [7, 11) is 0. The lowest BCUT2D eigenvalue weighted by Gasteiger charge is -2.32. The third-order valence-corrected chi connectivity index (χ3v) is 5.37. The van der Waals surface area contributed by atoms with Crippen molar-refractivity contribution in [2.45, 2.75) is 25.4 Å². The van der Waals surface area contributed by atoms with E-state index in [0.717, 1.165) is 38.0 Å². The number of halogens is 1. The van der Waals surface area contributed by atoms with Gasteiger partial charge in [0.05, 0.1) is 6.26 Å². The summed E-state index contributed by atoms with van der Waals surface area (Å²) < 4.78 is 18.1. The van der Waals surface area contributed by atoms with E-state index in [2.05, 4.69) is 15.5 Å². The smallest absolute Gasteiger partial charge is 0.291 e. The average Bonchev–Trinajstić information content (AvgIpc) is 3.32. The van der Waals surface area contributed by atoms with Crippen molar-refractivity contribution in [1.82, 2.24) is 10.2 Å². The fraction of sp³-hybridized carbons (Fsp3) is 0.250. The standard InChI is InChI=1S/C24H24FN3O3/c25-19-8-6-17(7-9-19)16-28-12-10-20(11-13-28)26-23(29)18-3-1-4-21(15-18)27-24(30)22-5-2-14-31-22/h1-9,14-15,20H,10-13,16H2,(H,26,29)(H,27,30). The molecule has 1 aliphatic heterocycles. The molecule has 31 heavy (non-hydrogen) atoms. The number of nitrogens with zero attached hydrogens (tertiary/aromatic N) is 1. The van der Waals surface area contributed by atoms with Crippen molar-refractivity contribution < 1.29 is 18.4 Å². The zero-order chi connectivity index (χ0) is 21.6. The summed E-state index contributed by atoms with van der Waals surface area (Å²) in [5.41, 5.74) is 2.10. The van der Waals surface area contributed by atoms with Crippen LogP contribution in [0.2, 0.25) is 0 Å². The van der Waals surface area contributed by atoms with Crippen molar-refractivity contribution in [1.29, 1.82) is 0 Å². The number of carbonyl (C=O) groups is 2. The summed E-state index contributed by atoms with van der Waals surface area (Å²) in [5.74, 6) is -0.542. The largest absolute Gasteiger partial charge is 0.459 e. The SMILES string of the molecule is O=C(NC1CCN(Cc2ccc(F)cc2)CC1)c1cccc(NC(=O)c2ccco2)c1. The van der Waals surface area contributed by atoms with Crippen LogP contribution in [0.4, 0.5) is 10.1 Å². The monoisotopic (exact) mass is 421 g/mol. The van der Waals surface area contributed by atoms with Gasteiger partial charge in [0.1, 0.15) is 5.82 Å². The van der Waals surface area contributed by atoms with Gasteiger partial charge in [0.25, 0.3) is 11.8 Å². The number of hydrogen-bond acceptors (Lipinski definition) is 4. The topological polar surface area (TPSA) is 74.6 Å². The third-order valence-electron chi connectivity index (χ3n) is 5.37. The molecular formula is C24H24FN3O3. The summed E-state index contributed by atoms with van der Waals surface area (Å²) in [6.45, 7) is 2.50. The molecule has 2 heterocycles. The molecule has 0 atom stereocenters. The van der Waals surface area contributed by atoms with E-state index in [1.165, 1.54) is 18.4 Å². The van der Waals surface area contributed by atoms with Crippen molar-refractivity contribution in [2.75, 3.05) is 18.4 Å². The van der Waals surface area contributed by atoms with Crippen molar-refractivity contribution in [3.05, 3.63) is 89.6 Å². The highest BCUT2D eigenvalue weighted by molar-refractivity contribution is 6.03. The molecule has 4 rings (SSSR count). The minimum absolute atomic E-state index is 0.0957. The Morgan fingerprint density at radius 3 is 2.48 bits per heavy atom. The number of hydrogen-bond donors (Lipinski definition) is 2. The second-order valence-electron chi connectivity index (χ2n) is 7.66. The van der Waals surface area contributed by atoms with Crippen LogP contribution in [0.1, 0.15) is 39.3 Å². The molecule has 0 saturated carbocycles. The minimum atomic E-state index is -0.365. The van der Waals surface area contributed by atoms with E-state index < -0.39 is 0 Å². The molecule has 0 radical (unpaired) electrons. The van der Waals surface area contributed by atoms with Crippen LogP contribution in [0.25, 0.3) is 0 Å². The number of nitrogens with one attached hydrogen (secondary N) is 2. The highest BCUT2D eigenvalue weighted by Gasteiger charge is 2.21. The Hall–Kier alpha value is -3.45. The molecule has 0 bridgehead atoms. The quantitative estimate of drug-likeness (QED) is 0.629. The summed E-state index contributed by atoms with van der Waals surface area (Å²) in [6, 6.07) is 16.7. The molecule has 2 amide bonds. The molecule has 0 spiro atoms. The number of rotatable bonds is 6. The first-order chi connectivity index (χ1) is 15.1. The van der Waals surface area contributed by atoms with Gasteiger partial charge in [-0.15, -0.1) is 0 Å². The Bertz CT molecular complexity index is 1030. The van der Waals surface area contributed by atoms with Crippen molar-refractivity contribution in [3.8, 4) is 0 Å². The number of amides is 2. The van der Waals surface area contributed by atoms with E-state index in [1.54, 1.807) is 48.5 Å². The zero-order valence-electron chi connectivity index (χ0n) is 17.0. The van der Waals surface area contributed by atoms with Gasteiger partial charge in [-0.2, -0.15) is 0 Å². The minimum Gasteiger partial charge on any atom is -0.459 e. The van der Waals surface area contributed by atoms with E-state index in [1.807, 2.05) is 0 Å². The van der Waals surface area contributed by atoms with Crippen LogP contribution in [-0.4, -0.2) is 35.8 Å². The molecule has 6 nitrogen and oxygen atoms in total. The van der Waals surface area contributed by atoms with Crippen molar-refractivity contribution in [2.24, 2.45) is 0 Å². The molecule has 0 unspecified atom stereocenters. The number of furan rings is 1. The zero-order valence-corrected chi connectivity index (χ0v) is 17.0. The number of anilines is 1. The maximum atomic E-state index is 13.1. The van der Waals surface area contributed by atoms with Crippen LogP contribution >= 0.6 is 0 Å². The summed E-state index contributed by atoms with van der Waals surface area (Å²) in [4.78, 5) is 27.1. The highest BCUT2D eigenvalue weighted by atomic mass is 19.1. The van der Waals surface area contributed by atoms with Gasteiger partial charge in [-0.1, -0.05) is 18.2 Å². The predicted octanol–water partition coefficient (Wildman–Crippen LogP) is 4.07. The number of likely N-dealkylation sites (tertiary alicyclic amines) is 1. The van der Waals surface area contributed by atoms with Gasteiger partial charge < -0.3 is 15.1 Å². The molecule has 1 saturated heterocycles. The highest BCUT2D eigenvalue weighted by Crippen LogP contribution is 2.17. The molecule has 1 fully saturated rings. The van der Waals surface area contributed by atoms with Crippen molar-refractivity contribution in [3.63, 3.8) is 0 Å². The molecule has 1 aromatic heterocycles. The predicted molar refractivity (Wildman–Crippen MR) is 115 cm³/mol. The fourth-order valence-corrected chi connectivity index (χ4v) is 3.69. The normalized spacial score (nSPS) is 14.9. The lowest BCUT2D eigenvalue weighted by Crippen LogP contribution is -2.44. The van der Waals surface area contributed by atoms with Gasteiger partial charge >= 0.3 is 0 Å². The molecule has 160 valence electrons. The van der Waals surface area contributed by atoms with E-state index in [-0.39, 0.29) is 29.4 Å². The Morgan fingerprint density at radius 1 is 1.00 bits per heavy atom. The van der Waals surface area contributed by atoms with Crippen LogP contribution in [0, 0.1) is 5.82 Å². The molecule has 0 aliphatic carbocycles. The number of piperidine rings is 1.